The van der Waals surface area contributed by atoms with Crippen molar-refractivity contribution < 1.29 is 0 Å². The molecule has 0 aliphatic rings. The SMILES string of the molecule is C=C(CCC(C)C)C(C)CCC(C)C. The molecule has 0 aromatic heterocycles. The smallest absolute Gasteiger partial charge is 0.0234 e. The van der Waals surface area contributed by atoms with Gasteiger partial charge in [-0.2, -0.15) is 0 Å². The van der Waals surface area contributed by atoms with Gasteiger partial charge >= 0.3 is 0 Å². The predicted octanol–water partition coefficient (Wildman–Crippen LogP) is 5.05. The van der Waals surface area contributed by atoms with Crippen LogP contribution in [0.1, 0.15) is 60.3 Å². The van der Waals surface area contributed by atoms with Crippen LogP contribution in [0.25, 0.3) is 0 Å². The molecular formula is C14H28. The van der Waals surface area contributed by atoms with E-state index < -0.39 is 0 Å². The molecule has 0 saturated heterocycles. The van der Waals surface area contributed by atoms with E-state index >= 15 is 0 Å². The fraction of sp³-hybridized carbons (Fsp3) is 0.857. The van der Waals surface area contributed by atoms with Gasteiger partial charge in [0.2, 0.25) is 0 Å². The molecule has 0 fully saturated rings. The first-order valence-electron chi connectivity index (χ1n) is 6.11. The van der Waals surface area contributed by atoms with Gasteiger partial charge in [0.05, 0.1) is 0 Å². The number of rotatable bonds is 7. The van der Waals surface area contributed by atoms with Crippen molar-refractivity contribution in [2.75, 3.05) is 0 Å². The molecule has 0 aromatic rings. The summed E-state index contributed by atoms with van der Waals surface area (Å²) in [5.41, 5.74) is 1.46. The van der Waals surface area contributed by atoms with Gasteiger partial charge in [-0.3, -0.25) is 0 Å². The first-order valence-corrected chi connectivity index (χ1v) is 6.11. The number of hydrogen-bond donors (Lipinski definition) is 0. The summed E-state index contributed by atoms with van der Waals surface area (Å²) in [6.07, 6.45) is 5.16. The molecule has 0 bridgehead atoms. The van der Waals surface area contributed by atoms with Crippen LogP contribution >= 0.6 is 0 Å². The van der Waals surface area contributed by atoms with E-state index in [1.54, 1.807) is 0 Å². The summed E-state index contributed by atoms with van der Waals surface area (Å²) in [4.78, 5) is 0. The first kappa shape index (κ1) is 13.7. The Morgan fingerprint density at radius 1 is 0.857 bits per heavy atom. The highest BCUT2D eigenvalue weighted by molar-refractivity contribution is 4.98. The van der Waals surface area contributed by atoms with Gasteiger partial charge in [-0.1, -0.05) is 53.2 Å². The average molecular weight is 196 g/mol. The third-order valence-electron chi connectivity index (χ3n) is 2.92. The van der Waals surface area contributed by atoms with Crippen LogP contribution in [0.3, 0.4) is 0 Å². The minimum Gasteiger partial charge on any atom is -0.0996 e. The largest absolute Gasteiger partial charge is 0.0996 e. The van der Waals surface area contributed by atoms with E-state index in [1.165, 1.54) is 31.3 Å². The van der Waals surface area contributed by atoms with E-state index in [-0.39, 0.29) is 0 Å². The molecule has 0 aliphatic heterocycles. The Hall–Kier alpha value is -0.260. The summed E-state index contributed by atoms with van der Waals surface area (Å²) in [6.45, 7) is 15.7. The van der Waals surface area contributed by atoms with Gasteiger partial charge in [-0.25, -0.2) is 0 Å². The molecule has 0 rings (SSSR count). The minimum absolute atomic E-state index is 0.719. The number of hydrogen-bond acceptors (Lipinski definition) is 0. The molecule has 0 heterocycles. The maximum atomic E-state index is 4.20. The van der Waals surface area contributed by atoms with E-state index in [1.807, 2.05) is 0 Å². The molecule has 0 spiro atoms. The molecule has 0 aliphatic carbocycles. The number of allylic oxidation sites excluding steroid dienone is 1. The third kappa shape index (κ3) is 7.17. The van der Waals surface area contributed by atoms with Crippen LogP contribution in [0.2, 0.25) is 0 Å². The molecule has 1 atom stereocenters. The highest BCUT2D eigenvalue weighted by atomic mass is 14.1. The standard InChI is InChI=1S/C14H28/c1-11(2)7-9-13(5)14(6)10-8-12(3)4/h11-12,14H,5,7-10H2,1-4,6H3. The molecule has 0 aromatic carbocycles. The van der Waals surface area contributed by atoms with Crippen LogP contribution < -0.4 is 0 Å². The molecule has 0 heteroatoms. The van der Waals surface area contributed by atoms with Crippen LogP contribution in [0.5, 0.6) is 0 Å². The lowest BCUT2D eigenvalue weighted by Gasteiger charge is -2.16. The van der Waals surface area contributed by atoms with Gasteiger partial charge in [0.15, 0.2) is 0 Å². The maximum absolute atomic E-state index is 4.20. The molecule has 0 N–H and O–H groups in total. The second-order valence-corrected chi connectivity index (χ2v) is 5.46. The summed E-state index contributed by atoms with van der Waals surface area (Å²) in [7, 11) is 0. The second kappa shape index (κ2) is 7.09. The zero-order valence-corrected chi connectivity index (χ0v) is 10.8. The van der Waals surface area contributed by atoms with Gasteiger partial charge in [-0.15, -0.1) is 0 Å². The van der Waals surface area contributed by atoms with Crippen molar-refractivity contribution in [2.24, 2.45) is 17.8 Å². The predicted molar refractivity (Wildman–Crippen MR) is 66.4 cm³/mol. The highest BCUT2D eigenvalue weighted by Crippen LogP contribution is 2.23. The molecule has 84 valence electrons. The zero-order valence-electron chi connectivity index (χ0n) is 10.8. The fourth-order valence-corrected chi connectivity index (χ4v) is 1.51. The van der Waals surface area contributed by atoms with Gasteiger partial charge < -0.3 is 0 Å². The Morgan fingerprint density at radius 2 is 1.36 bits per heavy atom. The summed E-state index contributed by atoms with van der Waals surface area (Å²) >= 11 is 0. The highest BCUT2D eigenvalue weighted by Gasteiger charge is 2.08. The Balaban J connectivity index is 3.65. The van der Waals surface area contributed by atoms with Gasteiger partial charge in [-0.05, 0) is 37.0 Å². The van der Waals surface area contributed by atoms with E-state index in [4.69, 9.17) is 0 Å². The summed E-state index contributed by atoms with van der Waals surface area (Å²) < 4.78 is 0. The van der Waals surface area contributed by atoms with Crippen molar-refractivity contribution in [3.8, 4) is 0 Å². The van der Waals surface area contributed by atoms with Crippen molar-refractivity contribution in [1.82, 2.24) is 0 Å². The second-order valence-electron chi connectivity index (χ2n) is 5.46. The van der Waals surface area contributed by atoms with Crippen LogP contribution in [0.15, 0.2) is 12.2 Å². The summed E-state index contributed by atoms with van der Waals surface area (Å²) in [5, 5.41) is 0. The Morgan fingerprint density at radius 3 is 1.79 bits per heavy atom. The van der Waals surface area contributed by atoms with Crippen LogP contribution in [0, 0.1) is 17.8 Å². The van der Waals surface area contributed by atoms with Crippen molar-refractivity contribution in [2.45, 2.75) is 60.3 Å². The van der Waals surface area contributed by atoms with E-state index in [0.717, 1.165) is 17.8 Å². The van der Waals surface area contributed by atoms with Gasteiger partial charge in [0.25, 0.3) is 0 Å². The molecule has 0 amide bonds. The van der Waals surface area contributed by atoms with Gasteiger partial charge in [0.1, 0.15) is 0 Å². The van der Waals surface area contributed by atoms with Crippen molar-refractivity contribution in [1.29, 1.82) is 0 Å². The molecule has 0 nitrogen and oxygen atoms in total. The van der Waals surface area contributed by atoms with E-state index in [9.17, 15) is 0 Å². The van der Waals surface area contributed by atoms with Crippen molar-refractivity contribution in [3.63, 3.8) is 0 Å². The van der Waals surface area contributed by atoms with Crippen molar-refractivity contribution >= 4 is 0 Å². The maximum Gasteiger partial charge on any atom is -0.0234 e. The molecule has 14 heavy (non-hydrogen) atoms. The lowest BCUT2D eigenvalue weighted by molar-refractivity contribution is 0.470. The molecule has 0 saturated carbocycles. The lowest BCUT2D eigenvalue weighted by atomic mass is 9.90. The normalized spacial score (nSPS) is 13.6. The zero-order chi connectivity index (χ0) is 11.1. The lowest BCUT2D eigenvalue weighted by Crippen LogP contribution is -2.02. The Labute approximate surface area is 90.8 Å². The monoisotopic (exact) mass is 196 g/mol. The fourth-order valence-electron chi connectivity index (χ4n) is 1.51. The van der Waals surface area contributed by atoms with Gasteiger partial charge in [0, 0.05) is 0 Å². The quantitative estimate of drug-likeness (QED) is 0.500. The topological polar surface area (TPSA) is 0 Å². The average Bonchev–Trinajstić information content (AvgIpc) is 2.09. The molecular weight excluding hydrogens is 168 g/mol. The van der Waals surface area contributed by atoms with E-state index in [2.05, 4.69) is 41.2 Å². The molecule has 0 radical (unpaired) electrons. The van der Waals surface area contributed by atoms with Crippen molar-refractivity contribution in [3.05, 3.63) is 12.2 Å². The Bertz CT molecular complexity index is 153. The summed E-state index contributed by atoms with van der Waals surface area (Å²) in [5.74, 6) is 2.36. The molecule has 1 unspecified atom stereocenters. The van der Waals surface area contributed by atoms with Crippen LogP contribution in [-0.4, -0.2) is 0 Å². The Kier molecular flexibility index (Phi) is 6.96. The van der Waals surface area contributed by atoms with Crippen LogP contribution in [-0.2, 0) is 0 Å². The van der Waals surface area contributed by atoms with E-state index in [0.29, 0.717) is 0 Å². The van der Waals surface area contributed by atoms with Crippen LogP contribution in [0.4, 0.5) is 0 Å². The third-order valence-corrected chi connectivity index (χ3v) is 2.92. The minimum atomic E-state index is 0.719. The summed E-state index contributed by atoms with van der Waals surface area (Å²) in [6, 6.07) is 0. The first-order chi connectivity index (χ1) is 6.43.